The highest BCUT2D eigenvalue weighted by atomic mass is 16.3. The van der Waals surface area contributed by atoms with Gasteiger partial charge in [0.15, 0.2) is 0 Å². The molecule has 0 radical (unpaired) electrons. The van der Waals surface area contributed by atoms with Gasteiger partial charge in [0.1, 0.15) is 11.6 Å². The summed E-state index contributed by atoms with van der Waals surface area (Å²) in [5.41, 5.74) is 1.94. The fraction of sp³-hybridized carbons (Fsp3) is 0.188. The van der Waals surface area contributed by atoms with Crippen molar-refractivity contribution in [3.63, 3.8) is 0 Å². The summed E-state index contributed by atoms with van der Waals surface area (Å²) in [7, 11) is 0. The zero-order valence-electron chi connectivity index (χ0n) is 11.1. The van der Waals surface area contributed by atoms with E-state index in [0.29, 0.717) is 12.3 Å². The molecule has 19 heavy (non-hydrogen) atoms. The average Bonchev–Trinajstić information content (AvgIpc) is 2.71. The van der Waals surface area contributed by atoms with Crippen LogP contribution in [0.3, 0.4) is 0 Å². The molecular formula is C16H16N2O. The Kier molecular flexibility index (Phi) is 2.75. The summed E-state index contributed by atoms with van der Waals surface area (Å²) in [5, 5.41) is 12.4. The van der Waals surface area contributed by atoms with Gasteiger partial charge in [-0.2, -0.15) is 0 Å². The van der Waals surface area contributed by atoms with Crippen LogP contribution in [-0.2, 0) is 6.54 Å². The van der Waals surface area contributed by atoms with Crippen LogP contribution in [0.25, 0.3) is 10.8 Å². The summed E-state index contributed by atoms with van der Waals surface area (Å²) in [6.07, 6.45) is 2.01. The number of rotatable bonds is 2. The standard InChI is InChI=1S/C16H16N2O/c1-11-9-18(12(2)17-11)10-15-14-6-4-3-5-13(14)7-8-16(15)19/h3-9,19H,10H2,1-2H3. The fourth-order valence-electron chi connectivity index (χ4n) is 2.49. The summed E-state index contributed by atoms with van der Waals surface area (Å²) in [6, 6.07) is 11.8. The first-order chi connectivity index (χ1) is 9.15. The lowest BCUT2D eigenvalue weighted by Gasteiger charge is -2.11. The van der Waals surface area contributed by atoms with E-state index in [1.807, 2.05) is 44.3 Å². The number of hydrogen-bond acceptors (Lipinski definition) is 2. The highest BCUT2D eigenvalue weighted by molar-refractivity contribution is 5.87. The molecule has 0 fully saturated rings. The van der Waals surface area contributed by atoms with Crippen molar-refractivity contribution in [2.75, 3.05) is 0 Å². The van der Waals surface area contributed by atoms with Crippen molar-refractivity contribution >= 4 is 10.8 Å². The molecule has 0 unspecified atom stereocenters. The number of aryl methyl sites for hydroxylation is 2. The van der Waals surface area contributed by atoms with E-state index in [9.17, 15) is 5.11 Å². The molecule has 0 atom stereocenters. The van der Waals surface area contributed by atoms with Crippen molar-refractivity contribution in [3.8, 4) is 5.75 Å². The summed E-state index contributed by atoms with van der Waals surface area (Å²) >= 11 is 0. The molecule has 1 heterocycles. The Hall–Kier alpha value is -2.29. The molecule has 0 aliphatic heterocycles. The predicted molar refractivity (Wildman–Crippen MR) is 76.4 cm³/mol. The van der Waals surface area contributed by atoms with E-state index in [2.05, 4.69) is 15.6 Å². The number of fused-ring (bicyclic) bond motifs is 1. The topological polar surface area (TPSA) is 38.0 Å². The highest BCUT2D eigenvalue weighted by Gasteiger charge is 2.09. The normalized spacial score (nSPS) is 11.1. The van der Waals surface area contributed by atoms with Crippen LogP contribution in [0.15, 0.2) is 42.6 Å². The highest BCUT2D eigenvalue weighted by Crippen LogP contribution is 2.28. The van der Waals surface area contributed by atoms with Gasteiger partial charge < -0.3 is 9.67 Å². The third kappa shape index (κ3) is 2.08. The van der Waals surface area contributed by atoms with Crippen molar-refractivity contribution < 1.29 is 5.11 Å². The Morgan fingerprint density at radius 1 is 1.11 bits per heavy atom. The molecule has 0 bridgehead atoms. The Morgan fingerprint density at radius 3 is 2.63 bits per heavy atom. The van der Waals surface area contributed by atoms with E-state index in [1.165, 1.54) is 0 Å². The lowest BCUT2D eigenvalue weighted by Crippen LogP contribution is -2.01. The van der Waals surface area contributed by atoms with E-state index in [4.69, 9.17) is 0 Å². The second-order valence-electron chi connectivity index (χ2n) is 4.84. The largest absolute Gasteiger partial charge is 0.508 e. The van der Waals surface area contributed by atoms with Crippen LogP contribution in [0, 0.1) is 13.8 Å². The van der Waals surface area contributed by atoms with Crippen molar-refractivity contribution in [3.05, 3.63) is 59.7 Å². The maximum Gasteiger partial charge on any atom is 0.121 e. The van der Waals surface area contributed by atoms with Gasteiger partial charge >= 0.3 is 0 Å². The van der Waals surface area contributed by atoms with E-state index < -0.39 is 0 Å². The number of aromatic hydroxyl groups is 1. The van der Waals surface area contributed by atoms with Gasteiger partial charge in [0.25, 0.3) is 0 Å². The van der Waals surface area contributed by atoms with Crippen LogP contribution in [0.5, 0.6) is 5.75 Å². The zero-order chi connectivity index (χ0) is 13.4. The molecule has 3 aromatic rings. The van der Waals surface area contributed by atoms with Gasteiger partial charge in [0.05, 0.1) is 12.2 Å². The Labute approximate surface area is 112 Å². The lowest BCUT2D eigenvalue weighted by molar-refractivity contribution is 0.467. The van der Waals surface area contributed by atoms with Gasteiger partial charge in [0, 0.05) is 11.8 Å². The maximum absolute atomic E-state index is 10.1. The van der Waals surface area contributed by atoms with Gasteiger partial charge in [-0.25, -0.2) is 4.98 Å². The minimum atomic E-state index is 0.337. The predicted octanol–water partition coefficient (Wildman–Crippen LogP) is 3.41. The summed E-state index contributed by atoms with van der Waals surface area (Å²) in [6.45, 7) is 4.60. The van der Waals surface area contributed by atoms with E-state index in [-0.39, 0.29) is 0 Å². The van der Waals surface area contributed by atoms with Crippen LogP contribution < -0.4 is 0 Å². The smallest absolute Gasteiger partial charge is 0.121 e. The molecule has 0 spiro atoms. The lowest BCUT2D eigenvalue weighted by atomic mass is 10.0. The second kappa shape index (κ2) is 4.43. The first-order valence-corrected chi connectivity index (χ1v) is 6.35. The van der Waals surface area contributed by atoms with Gasteiger partial charge in [-0.3, -0.25) is 0 Å². The number of phenols is 1. The molecule has 1 N–H and O–H groups in total. The van der Waals surface area contributed by atoms with Crippen LogP contribution in [0.2, 0.25) is 0 Å². The fourth-order valence-corrected chi connectivity index (χ4v) is 2.49. The van der Waals surface area contributed by atoms with E-state index in [1.54, 1.807) is 6.07 Å². The Bertz CT molecular complexity index is 744. The molecule has 0 aliphatic rings. The molecule has 0 saturated carbocycles. The van der Waals surface area contributed by atoms with Crippen LogP contribution in [0.1, 0.15) is 17.1 Å². The number of phenolic OH excluding ortho intramolecular Hbond substituents is 1. The van der Waals surface area contributed by atoms with Crippen molar-refractivity contribution in [1.29, 1.82) is 0 Å². The molecule has 0 saturated heterocycles. The first kappa shape index (κ1) is 11.8. The minimum absolute atomic E-state index is 0.337. The average molecular weight is 252 g/mol. The summed E-state index contributed by atoms with van der Waals surface area (Å²) < 4.78 is 2.07. The third-order valence-corrected chi connectivity index (χ3v) is 3.44. The van der Waals surface area contributed by atoms with Crippen molar-refractivity contribution in [2.24, 2.45) is 0 Å². The van der Waals surface area contributed by atoms with Gasteiger partial charge in [-0.15, -0.1) is 0 Å². The van der Waals surface area contributed by atoms with Crippen LogP contribution in [-0.4, -0.2) is 14.7 Å². The van der Waals surface area contributed by atoms with Gasteiger partial charge in [-0.1, -0.05) is 30.3 Å². The molecular weight excluding hydrogens is 236 g/mol. The maximum atomic E-state index is 10.1. The van der Waals surface area contributed by atoms with Crippen LogP contribution >= 0.6 is 0 Å². The van der Waals surface area contributed by atoms with Crippen molar-refractivity contribution in [2.45, 2.75) is 20.4 Å². The zero-order valence-corrected chi connectivity index (χ0v) is 11.1. The molecule has 96 valence electrons. The van der Waals surface area contributed by atoms with E-state index in [0.717, 1.165) is 27.9 Å². The molecule has 0 aliphatic carbocycles. The Morgan fingerprint density at radius 2 is 1.89 bits per heavy atom. The third-order valence-electron chi connectivity index (χ3n) is 3.44. The number of benzene rings is 2. The monoisotopic (exact) mass is 252 g/mol. The second-order valence-corrected chi connectivity index (χ2v) is 4.84. The quantitative estimate of drug-likeness (QED) is 0.759. The minimum Gasteiger partial charge on any atom is -0.508 e. The summed E-state index contributed by atoms with van der Waals surface area (Å²) in [5.74, 6) is 1.30. The van der Waals surface area contributed by atoms with Gasteiger partial charge in [-0.05, 0) is 30.7 Å². The summed E-state index contributed by atoms with van der Waals surface area (Å²) in [4.78, 5) is 4.40. The molecule has 2 aromatic carbocycles. The number of aromatic nitrogens is 2. The number of imidazole rings is 1. The molecule has 3 nitrogen and oxygen atoms in total. The number of hydrogen-bond donors (Lipinski definition) is 1. The first-order valence-electron chi connectivity index (χ1n) is 6.35. The Balaban J connectivity index is 2.14. The molecule has 0 amide bonds. The number of nitrogens with zero attached hydrogens (tertiary/aromatic N) is 2. The van der Waals surface area contributed by atoms with Crippen molar-refractivity contribution in [1.82, 2.24) is 9.55 Å². The molecule has 3 heteroatoms. The SMILES string of the molecule is Cc1cn(Cc2c(O)ccc3ccccc23)c(C)n1. The molecule has 1 aromatic heterocycles. The molecule has 3 rings (SSSR count). The van der Waals surface area contributed by atoms with Crippen LogP contribution in [0.4, 0.5) is 0 Å². The van der Waals surface area contributed by atoms with Gasteiger partial charge in [0.2, 0.25) is 0 Å². The van der Waals surface area contributed by atoms with E-state index >= 15 is 0 Å².